The van der Waals surface area contributed by atoms with Crippen LogP contribution in [0.4, 0.5) is 0 Å². The van der Waals surface area contributed by atoms with Crippen LogP contribution < -0.4 is 9.47 Å². The van der Waals surface area contributed by atoms with Crippen molar-refractivity contribution in [2.24, 2.45) is 0 Å². The number of piperazine rings is 1. The van der Waals surface area contributed by atoms with Crippen LogP contribution in [0.2, 0.25) is 0 Å². The van der Waals surface area contributed by atoms with Crippen LogP contribution >= 0.6 is 0 Å². The molecular weight excluding hydrogens is 378 g/mol. The summed E-state index contributed by atoms with van der Waals surface area (Å²) in [5, 5.41) is 0. The number of ether oxygens (including phenoxy) is 2. The summed E-state index contributed by atoms with van der Waals surface area (Å²) in [6.45, 7) is 3.43. The number of amides is 1. The molecule has 2 fully saturated rings. The molecule has 0 atom stereocenters. The molecule has 1 amide bonds. The highest BCUT2D eigenvalue weighted by Gasteiger charge is 2.29. The maximum Gasteiger partial charge on any atom is 0.259 e. The van der Waals surface area contributed by atoms with E-state index < -0.39 is 0 Å². The highest BCUT2D eigenvalue weighted by molar-refractivity contribution is 5.96. The van der Waals surface area contributed by atoms with Crippen molar-refractivity contribution in [3.8, 4) is 22.9 Å². The van der Waals surface area contributed by atoms with E-state index in [4.69, 9.17) is 9.47 Å². The molecule has 2 aromatic rings. The summed E-state index contributed by atoms with van der Waals surface area (Å²) in [6.07, 6.45) is 6.66. The van der Waals surface area contributed by atoms with Crippen molar-refractivity contribution in [2.45, 2.75) is 38.1 Å². The van der Waals surface area contributed by atoms with Crippen LogP contribution in [0.5, 0.6) is 11.6 Å². The summed E-state index contributed by atoms with van der Waals surface area (Å²) in [6, 6.07) is 12.1. The molecule has 2 aliphatic rings. The molecule has 1 saturated heterocycles. The Bertz CT molecular complexity index is 854. The van der Waals surface area contributed by atoms with Crippen LogP contribution in [-0.2, 0) is 0 Å². The third-order valence-corrected chi connectivity index (χ3v) is 6.36. The van der Waals surface area contributed by atoms with E-state index in [2.05, 4.69) is 9.88 Å². The van der Waals surface area contributed by atoms with Gasteiger partial charge in [0.1, 0.15) is 11.3 Å². The van der Waals surface area contributed by atoms with E-state index in [0.717, 1.165) is 43.2 Å². The predicted molar refractivity (Wildman–Crippen MR) is 117 cm³/mol. The van der Waals surface area contributed by atoms with Crippen LogP contribution in [-0.4, -0.2) is 67.1 Å². The number of nitrogens with zero attached hydrogens (tertiary/aromatic N) is 3. The molecule has 30 heavy (non-hydrogen) atoms. The van der Waals surface area contributed by atoms with Crippen molar-refractivity contribution in [1.29, 1.82) is 0 Å². The van der Waals surface area contributed by atoms with E-state index in [-0.39, 0.29) is 5.91 Å². The second-order valence-electron chi connectivity index (χ2n) is 8.10. The molecule has 1 aliphatic carbocycles. The number of pyridine rings is 1. The lowest BCUT2D eigenvalue weighted by Gasteiger charge is -2.40. The first-order valence-electron chi connectivity index (χ1n) is 10.9. The minimum absolute atomic E-state index is 0.00363. The van der Waals surface area contributed by atoms with Crippen LogP contribution in [0.1, 0.15) is 42.5 Å². The van der Waals surface area contributed by atoms with Gasteiger partial charge >= 0.3 is 0 Å². The Kier molecular flexibility index (Phi) is 6.53. The van der Waals surface area contributed by atoms with Gasteiger partial charge in [0.05, 0.1) is 19.9 Å². The molecule has 4 rings (SSSR count). The van der Waals surface area contributed by atoms with Gasteiger partial charge in [-0.1, -0.05) is 19.3 Å². The Hall–Kier alpha value is -2.60. The van der Waals surface area contributed by atoms with Crippen LogP contribution in [0, 0.1) is 0 Å². The first kappa shape index (κ1) is 20.7. The molecule has 160 valence electrons. The maximum atomic E-state index is 13.2. The van der Waals surface area contributed by atoms with E-state index in [1.165, 1.54) is 32.1 Å². The Labute approximate surface area is 178 Å². The largest absolute Gasteiger partial charge is 0.497 e. The summed E-state index contributed by atoms with van der Waals surface area (Å²) >= 11 is 0. The van der Waals surface area contributed by atoms with E-state index in [1.807, 2.05) is 41.3 Å². The number of hydrogen-bond donors (Lipinski definition) is 0. The van der Waals surface area contributed by atoms with Crippen molar-refractivity contribution >= 4 is 5.91 Å². The van der Waals surface area contributed by atoms with Crippen LogP contribution in [0.3, 0.4) is 0 Å². The van der Waals surface area contributed by atoms with Crippen LogP contribution in [0.15, 0.2) is 36.4 Å². The van der Waals surface area contributed by atoms with Gasteiger partial charge in [-0.25, -0.2) is 4.98 Å². The van der Waals surface area contributed by atoms with Crippen molar-refractivity contribution in [1.82, 2.24) is 14.8 Å². The summed E-state index contributed by atoms with van der Waals surface area (Å²) in [4.78, 5) is 22.3. The lowest BCUT2D eigenvalue weighted by atomic mass is 9.94. The Morgan fingerprint density at radius 3 is 2.23 bits per heavy atom. The lowest BCUT2D eigenvalue weighted by molar-refractivity contribution is 0.0520. The van der Waals surface area contributed by atoms with Crippen molar-refractivity contribution in [3.63, 3.8) is 0 Å². The zero-order valence-electron chi connectivity index (χ0n) is 18.0. The molecule has 0 radical (unpaired) electrons. The first-order valence-corrected chi connectivity index (χ1v) is 10.9. The molecule has 6 nitrogen and oxygen atoms in total. The molecule has 2 heterocycles. The highest BCUT2D eigenvalue weighted by Crippen LogP contribution is 2.27. The number of carbonyl (C=O) groups excluding carboxylic acids is 1. The van der Waals surface area contributed by atoms with Crippen molar-refractivity contribution in [2.75, 3.05) is 40.4 Å². The van der Waals surface area contributed by atoms with Gasteiger partial charge in [-0.15, -0.1) is 0 Å². The fourth-order valence-corrected chi connectivity index (χ4v) is 4.59. The Balaban J connectivity index is 1.44. The van der Waals surface area contributed by atoms with E-state index in [9.17, 15) is 4.79 Å². The Morgan fingerprint density at radius 1 is 0.900 bits per heavy atom. The van der Waals surface area contributed by atoms with Gasteiger partial charge in [-0.2, -0.15) is 0 Å². The van der Waals surface area contributed by atoms with E-state index >= 15 is 0 Å². The van der Waals surface area contributed by atoms with Crippen molar-refractivity contribution < 1.29 is 14.3 Å². The fourth-order valence-electron chi connectivity index (χ4n) is 4.59. The lowest BCUT2D eigenvalue weighted by Crippen LogP contribution is -2.52. The number of rotatable bonds is 5. The maximum absolute atomic E-state index is 13.2. The second kappa shape index (κ2) is 9.47. The average Bonchev–Trinajstić information content (AvgIpc) is 2.84. The summed E-state index contributed by atoms with van der Waals surface area (Å²) in [5.74, 6) is 1.18. The third-order valence-electron chi connectivity index (χ3n) is 6.36. The Morgan fingerprint density at radius 2 is 1.60 bits per heavy atom. The average molecular weight is 410 g/mol. The van der Waals surface area contributed by atoms with Gasteiger partial charge < -0.3 is 14.4 Å². The zero-order chi connectivity index (χ0) is 20.9. The molecule has 6 heteroatoms. The molecule has 1 saturated carbocycles. The normalized spacial score (nSPS) is 18.3. The quantitative estimate of drug-likeness (QED) is 0.751. The smallest absolute Gasteiger partial charge is 0.259 e. The molecule has 0 spiro atoms. The minimum Gasteiger partial charge on any atom is -0.497 e. The van der Waals surface area contributed by atoms with E-state index in [0.29, 0.717) is 17.5 Å². The monoisotopic (exact) mass is 409 g/mol. The standard InChI is InChI=1S/C24H31N3O3/c1-29-20-10-8-18(9-11-20)22-13-12-21(23(25-22)30-2)24(28)27-16-14-26(15-17-27)19-6-4-3-5-7-19/h8-13,19H,3-7,14-17H2,1-2H3. The topological polar surface area (TPSA) is 54.9 Å². The molecule has 1 aromatic heterocycles. The number of carbonyl (C=O) groups is 1. The summed E-state index contributed by atoms with van der Waals surface area (Å²) in [5.41, 5.74) is 2.25. The van der Waals surface area contributed by atoms with Gasteiger partial charge in [0.2, 0.25) is 5.88 Å². The highest BCUT2D eigenvalue weighted by atomic mass is 16.5. The minimum atomic E-state index is 0.00363. The molecule has 0 bridgehead atoms. The zero-order valence-corrected chi connectivity index (χ0v) is 18.0. The van der Waals surface area contributed by atoms with Gasteiger partial charge in [-0.3, -0.25) is 9.69 Å². The SMILES string of the molecule is COc1ccc(-c2ccc(C(=O)N3CCN(C4CCCCC4)CC3)c(OC)n2)cc1. The number of aromatic nitrogens is 1. The predicted octanol–water partition coefficient (Wildman–Crippen LogP) is 3.86. The number of hydrogen-bond acceptors (Lipinski definition) is 5. The first-order chi connectivity index (χ1) is 14.7. The second-order valence-corrected chi connectivity index (χ2v) is 8.10. The van der Waals surface area contributed by atoms with Crippen molar-refractivity contribution in [3.05, 3.63) is 42.0 Å². The van der Waals surface area contributed by atoms with Gasteiger partial charge in [-0.05, 0) is 49.2 Å². The van der Waals surface area contributed by atoms with E-state index in [1.54, 1.807) is 14.2 Å². The van der Waals surface area contributed by atoms with Crippen LogP contribution in [0.25, 0.3) is 11.3 Å². The molecule has 1 aromatic carbocycles. The molecule has 1 aliphatic heterocycles. The molecule has 0 unspecified atom stereocenters. The molecule has 0 N–H and O–H groups in total. The van der Waals surface area contributed by atoms with Gasteiger partial charge in [0.25, 0.3) is 5.91 Å². The molecular formula is C24H31N3O3. The van der Waals surface area contributed by atoms with Gasteiger partial charge in [0, 0.05) is 37.8 Å². The summed E-state index contributed by atoms with van der Waals surface area (Å²) < 4.78 is 10.7. The number of methoxy groups -OCH3 is 2. The number of benzene rings is 1. The fraction of sp³-hybridized carbons (Fsp3) is 0.500. The van der Waals surface area contributed by atoms with Gasteiger partial charge in [0.15, 0.2) is 0 Å². The summed E-state index contributed by atoms with van der Waals surface area (Å²) in [7, 11) is 3.21. The third kappa shape index (κ3) is 4.43.